The summed E-state index contributed by atoms with van der Waals surface area (Å²) in [7, 11) is 2.84. The van der Waals surface area contributed by atoms with E-state index in [4.69, 9.17) is 5.73 Å². The highest BCUT2D eigenvalue weighted by molar-refractivity contribution is 5.91. The summed E-state index contributed by atoms with van der Waals surface area (Å²) >= 11 is 0. The van der Waals surface area contributed by atoms with Crippen molar-refractivity contribution in [2.24, 2.45) is 0 Å². The number of benzene rings is 1. The fraction of sp³-hybridized carbons (Fsp3) is 0.294. The third kappa shape index (κ3) is 4.90. The van der Waals surface area contributed by atoms with Crippen LogP contribution in [0.3, 0.4) is 0 Å². The highest BCUT2D eigenvalue weighted by Crippen LogP contribution is 2.28. The van der Waals surface area contributed by atoms with Crippen LogP contribution in [0.1, 0.15) is 30.0 Å². The van der Waals surface area contributed by atoms with Gasteiger partial charge in [-0.2, -0.15) is 0 Å². The van der Waals surface area contributed by atoms with Crippen LogP contribution in [0.25, 0.3) is 0 Å². The Morgan fingerprint density at radius 3 is 2.44 bits per heavy atom. The molecule has 1 amide bonds. The molecule has 25 heavy (non-hydrogen) atoms. The minimum absolute atomic E-state index is 0.0535. The molecule has 1 heterocycles. The first-order valence-corrected chi connectivity index (χ1v) is 7.80. The minimum atomic E-state index is -0.730. The van der Waals surface area contributed by atoms with Crippen LogP contribution in [0.4, 0.5) is 17.3 Å². The Morgan fingerprint density at radius 1 is 1.28 bits per heavy atom. The number of nitrogens with two attached hydrogens (primary N) is 1. The molecule has 0 saturated carbocycles. The number of rotatable bonds is 6. The molecule has 134 valence electrons. The van der Waals surface area contributed by atoms with E-state index in [1.165, 1.54) is 12.0 Å². The second-order valence-electron chi connectivity index (χ2n) is 4.59. The van der Waals surface area contributed by atoms with Gasteiger partial charge in [0.15, 0.2) is 11.6 Å². The molecule has 0 aliphatic carbocycles. The molecule has 8 heteroatoms. The fourth-order valence-corrected chi connectivity index (χ4v) is 2.04. The monoisotopic (exact) mass is 345 g/mol. The van der Waals surface area contributed by atoms with Crippen molar-refractivity contribution in [3.8, 4) is 0 Å². The third-order valence-corrected chi connectivity index (χ3v) is 3.13. The summed E-state index contributed by atoms with van der Waals surface area (Å²) in [5, 5.41) is 2.85. The van der Waals surface area contributed by atoms with E-state index < -0.39 is 5.97 Å². The molecule has 0 bridgehead atoms. The second-order valence-corrected chi connectivity index (χ2v) is 4.59. The topological polar surface area (TPSA) is 110 Å². The van der Waals surface area contributed by atoms with E-state index >= 15 is 0 Å². The zero-order chi connectivity index (χ0) is 18.8. The van der Waals surface area contributed by atoms with Crippen molar-refractivity contribution in [1.29, 1.82) is 0 Å². The summed E-state index contributed by atoms with van der Waals surface area (Å²) in [5.41, 5.74) is 7.11. The Hall–Kier alpha value is -3.16. The molecule has 0 spiro atoms. The lowest BCUT2D eigenvalue weighted by atomic mass is 10.2. The van der Waals surface area contributed by atoms with Crippen LogP contribution in [0.15, 0.2) is 30.3 Å². The maximum Gasteiger partial charge on any atom is 0.376 e. The molecule has 0 saturated heterocycles. The normalized spacial score (nSPS) is 9.44. The van der Waals surface area contributed by atoms with Crippen LogP contribution < -0.4 is 16.0 Å². The Balaban J connectivity index is 0.00000151. The summed E-state index contributed by atoms with van der Waals surface area (Å²) in [6, 6.07) is 9.37. The molecule has 2 rings (SSSR count). The van der Waals surface area contributed by atoms with Gasteiger partial charge in [-0.1, -0.05) is 44.2 Å². The van der Waals surface area contributed by atoms with Crippen LogP contribution in [-0.4, -0.2) is 36.5 Å². The first-order chi connectivity index (χ1) is 12.1. The first kappa shape index (κ1) is 19.9. The zero-order valence-electron chi connectivity index (χ0n) is 14.8. The average Bonchev–Trinajstić information content (AvgIpc) is 2.67. The molecule has 0 aliphatic heterocycles. The van der Waals surface area contributed by atoms with E-state index in [2.05, 4.69) is 20.0 Å². The van der Waals surface area contributed by atoms with Gasteiger partial charge in [-0.15, -0.1) is 0 Å². The quantitative estimate of drug-likeness (QED) is 0.609. The van der Waals surface area contributed by atoms with Gasteiger partial charge in [0, 0.05) is 7.05 Å². The lowest BCUT2D eigenvalue weighted by Crippen LogP contribution is -2.25. The number of anilines is 3. The number of amides is 1. The summed E-state index contributed by atoms with van der Waals surface area (Å²) in [5.74, 6) is -0.679. The molecular formula is C17H23N5O3. The van der Waals surface area contributed by atoms with Crippen molar-refractivity contribution >= 4 is 29.7 Å². The van der Waals surface area contributed by atoms with Crippen molar-refractivity contribution in [2.75, 3.05) is 30.1 Å². The summed E-state index contributed by atoms with van der Waals surface area (Å²) in [6.45, 7) is 4.27. The van der Waals surface area contributed by atoms with Gasteiger partial charge in [0.25, 0.3) is 0 Å². The smallest absolute Gasteiger partial charge is 0.376 e. The maximum absolute atomic E-state index is 11.7. The zero-order valence-corrected chi connectivity index (χ0v) is 14.8. The number of nitrogens with one attached hydrogen (secondary N) is 1. The van der Waals surface area contributed by atoms with Gasteiger partial charge < -0.3 is 15.8 Å². The van der Waals surface area contributed by atoms with E-state index in [1.54, 1.807) is 7.05 Å². The van der Waals surface area contributed by atoms with Crippen molar-refractivity contribution in [1.82, 2.24) is 9.97 Å². The van der Waals surface area contributed by atoms with Crippen LogP contribution in [-0.2, 0) is 16.1 Å². The number of aromatic nitrogens is 2. The lowest BCUT2D eigenvalue weighted by Gasteiger charge is -2.20. The predicted octanol–water partition coefficient (Wildman–Crippen LogP) is 2.08. The number of esters is 1. The Morgan fingerprint density at radius 2 is 1.92 bits per heavy atom. The minimum Gasteiger partial charge on any atom is -0.463 e. The van der Waals surface area contributed by atoms with Crippen molar-refractivity contribution in [2.45, 2.75) is 20.4 Å². The van der Waals surface area contributed by atoms with Crippen molar-refractivity contribution in [3.63, 3.8) is 0 Å². The fourth-order valence-electron chi connectivity index (χ4n) is 2.04. The van der Waals surface area contributed by atoms with Gasteiger partial charge in [0.1, 0.15) is 5.69 Å². The van der Waals surface area contributed by atoms with Crippen molar-refractivity contribution in [3.05, 3.63) is 41.7 Å². The van der Waals surface area contributed by atoms with Gasteiger partial charge in [-0.05, 0) is 5.56 Å². The van der Waals surface area contributed by atoms with Crippen molar-refractivity contribution < 1.29 is 14.3 Å². The Labute approximate surface area is 147 Å². The van der Waals surface area contributed by atoms with Crippen LogP contribution in [0, 0.1) is 0 Å². The SMILES string of the molecule is CC.CNc1c(N)nc(C(=O)OC)nc1N(C=O)Cc1ccccc1. The maximum atomic E-state index is 11.7. The summed E-state index contributed by atoms with van der Waals surface area (Å²) in [6.07, 6.45) is 0.622. The highest BCUT2D eigenvalue weighted by atomic mass is 16.5. The number of carbonyl (C=O) groups excluding carboxylic acids is 2. The average molecular weight is 345 g/mol. The van der Waals surface area contributed by atoms with E-state index in [0.29, 0.717) is 12.1 Å². The molecular weight excluding hydrogens is 322 g/mol. The van der Waals surface area contributed by atoms with E-state index in [0.717, 1.165) is 5.56 Å². The molecule has 3 N–H and O–H groups in total. The lowest BCUT2D eigenvalue weighted by molar-refractivity contribution is -0.107. The molecule has 0 unspecified atom stereocenters. The molecule has 8 nitrogen and oxygen atoms in total. The molecule has 0 aliphatic rings. The van der Waals surface area contributed by atoms with Crippen LogP contribution >= 0.6 is 0 Å². The standard InChI is InChI=1S/C15H17N5O3.C2H6/c1-17-11-12(16)18-13(15(22)23-2)19-14(11)20(9-21)8-10-6-4-3-5-7-10;1-2/h3-7,9,17H,8H2,1-2H3,(H2,16,18,19);1-2H3. The first-order valence-electron chi connectivity index (χ1n) is 7.80. The predicted molar refractivity (Wildman–Crippen MR) is 97.4 cm³/mol. The van der Waals surface area contributed by atoms with Gasteiger partial charge in [-0.25, -0.2) is 14.8 Å². The number of methoxy groups -OCH3 is 1. The molecule has 1 aromatic heterocycles. The number of hydrogen-bond acceptors (Lipinski definition) is 7. The van der Waals surface area contributed by atoms with Gasteiger partial charge in [0.05, 0.1) is 13.7 Å². The molecule has 0 radical (unpaired) electrons. The third-order valence-electron chi connectivity index (χ3n) is 3.13. The molecule has 0 atom stereocenters. The number of nitrogens with zero attached hydrogens (tertiary/aromatic N) is 3. The number of carbonyl (C=O) groups is 2. The number of hydrogen-bond donors (Lipinski definition) is 2. The largest absolute Gasteiger partial charge is 0.463 e. The van der Waals surface area contributed by atoms with Gasteiger partial charge in [0.2, 0.25) is 12.2 Å². The second kappa shape index (κ2) is 9.86. The molecule has 2 aromatic rings. The van der Waals surface area contributed by atoms with Crippen LogP contribution in [0.2, 0.25) is 0 Å². The van der Waals surface area contributed by atoms with E-state index in [1.807, 2.05) is 44.2 Å². The van der Waals surface area contributed by atoms with Crippen LogP contribution in [0.5, 0.6) is 0 Å². The number of nitrogen functional groups attached to an aromatic ring is 1. The number of ether oxygens (including phenoxy) is 1. The van der Waals surface area contributed by atoms with E-state index in [9.17, 15) is 9.59 Å². The van der Waals surface area contributed by atoms with Gasteiger partial charge in [-0.3, -0.25) is 9.69 Å². The Kier molecular flexibility index (Phi) is 7.85. The Bertz CT molecular complexity index is 707. The molecule has 0 fully saturated rings. The molecule has 1 aromatic carbocycles. The summed E-state index contributed by atoms with van der Waals surface area (Å²) < 4.78 is 4.60. The van der Waals surface area contributed by atoms with Gasteiger partial charge >= 0.3 is 5.97 Å². The summed E-state index contributed by atoms with van der Waals surface area (Å²) in [4.78, 5) is 32.5. The highest BCUT2D eigenvalue weighted by Gasteiger charge is 2.21. The van der Waals surface area contributed by atoms with E-state index in [-0.39, 0.29) is 24.0 Å².